The van der Waals surface area contributed by atoms with Gasteiger partial charge in [0, 0.05) is 6.20 Å². The van der Waals surface area contributed by atoms with Crippen LogP contribution in [0.15, 0.2) is 17.1 Å². The first-order chi connectivity index (χ1) is 14.1. The van der Waals surface area contributed by atoms with E-state index in [0.717, 1.165) is 4.57 Å². The van der Waals surface area contributed by atoms with Gasteiger partial charge in [0.05, 0.1) is 27.7 Å². The molecule has 15 nitrogen and oxygen atoms in total. The zero-order valence-electron chi connectivity index (χ0n) is 17.0. The van der Waals surface area contributed by atoms with Gasteiger partial charge in [-0.1, -0.05) is 0 Å². The summed E-state index contributed by atoms with van der Waals surface area (Å²) in [5.74, 6) is -0.0652. The van der Waals surface area contributed by atoms with Gasteiger partial charge in [0.1, 0.15) is 37.3 Å². The monoisotopic (exact) mass is 489 g/mol. The minimum Gasteiger partial charge on any atom is -0.387 e. The number of rotatable bonds is 10. The molecule has 1 aliphatic rings. The Hall–Kier alpha value is -1.22. The van der Waals surface area contributed by atoms with Crippen molar-refractivity contribution in [1.82, 2.24) is 9.55 Å². The molecule has 1 aromatic rings. The van der Waals surface area contributed by atoms with Gasteiger partial charge in [-0.25, -0.2) is 13.9 Å². The van der Waals surface area contributed by atoms with E-state index < -0.39 is 52.5 Å². The molecule has 6 atom stereocenters. The highest BCUT2D eigenvalue weighted by molar-refractivity contribution is 7.61. The summed E-state index contributed by atoms with van der Waals surface area (Å²) in [5.41, 5.74) is 4.53. The van der Waals surface area contributed by atoms with E-state index in [1.165, 1.54) is 12.3 Å². The van der Waals surface area contributed by atoms with Gasteiger partial charge in [0.25, 0.3) is 0 Å². The molecule has 0 bridgehead atoms. The average molecular weight is 489 g/mol. The molecular formula is C14H27N4O11P2+. The molecule has 1 aromatic heterocycles. The molecule has 17 heteroatoms. The van der Waals surface area contributed by atoms with Gasteiger partial charge < -0.3 is 35.0 Å². The Labute approximate surface area is 177 Å². The molecule has 1 fully saturated rings. The number of ether oxygens (including phenoxy) is 1. The van der Waals surface area contributed by atoms with Gasteiger partial charge in [-0.3, -0.25) is 13.6 Å². The maximum atomic E-state index is 12.0. The summed E-state index contributed by atoms with van der Waals surface area (Å²) < 4.78 is 43.9. The molecule has 1 saturated heterocycles. The highest BCUT2D eigenvalue weighted by Crippen LogP contribution is 2.60. The molecule has 0 amide bonds. The van der Waals surface area contributed by atoms with E-state index in [9.17, 15) is 33.9 Å². The van der Waals surface area contributed by atoms with Crippen molar-refractivity contribution < 1.29 is 51.7 Å². The maximum Gasteiger partial charge on any atom is 0.481 e. The number of hydrogen-bond donors (Lipinski definition) is 5. The third kappa shape index (κ3) is 7.70. The Balaban J connectivity index is 1.96. The van der Waals surface area contributed by atoms with Gasteiger partial charge >= 0.3 is 21.3 Å². The highest BCUT2D eigenvalue weighted by atomic mass is 31.3. The first-order valence-corrected chi connectivity index (χ1v) is 11.9. The number of aliphatic hydroxyl groups excluding tert-OH is 2. The van der Waals surface area contributed by atoms with Crippen molar-refractivity contribution in [3.05, 3.63) is 22.7 Å². The molecule has 1 aliphatic heterocycles. The molecular weight excluding hydrogens is 462 g/mol. The lowest BCUT2D eigenvalue weighted by atomic mass is 10.1. The fraction of sp³-hybridized carbons (Fsp3) is 0.714. The maximum absolute atomic E-state index is 12.0. The number of phosphoric ester groups is 2. The number of likely N-dealkylation sites (N-methyl/N-ethyl adjacent to an activating group) is 1. The third-order valence-corrected chi connectivity index (χ3v) is 6.72. The van der Waals surface area contributed by atoms with Crippen molar-refractivity contribution in [1.29, 1.82) is 0 Å². The SMILES string of the molecule is C[N+](C)(C)CCOP(=O)(O)OP(=O)(O)OC[C@H]1O[C@@H](n2ccc(N)nc2=O)[C@@H](O)C1O. The summed E-state index contributed by atoms with van der Waals surface area (Å²) in [5, 5.41) is 20.2. The molecule has 0 saturated carbocycles. The largest absolute Gasteiger partial charge is 0.481 e. The van der Waals surface area contributed by atoms with Crippen molar-refractivity contribution >= 4 is 21.5 Å². The molecule has 2 rings (SSSR count). The minimum atomic E-state index is -5.11. The van der Waals surface area contributed by atoms with Gasteiger partial charge in [-0.15, -0.1) is 0 Å². The van der Waals surface area contributed by atoms with E-state index >= 15 is 0 Å². The number of aliphatic hydroxyl groups is 2. The lowest BCUT2D eigenvalue weighted by Crippen LogP contribution is -2.37. The Kier molecular flexibility index (Phi) is 8.17. The van der Waals surface area contributed by atoms with Crippen LogP contribution in [-0.4, -0.2) is 93.2 Å². The number of nitrogen functional groups attached to an aromatic ring is 1. The number of phosphoric acid groups is 2. The summed E-state index contributed by atoms with van der Waals surface area (Å²) in [4.78, 5) is 34.7. The van der Waals surface area contributed by atoms with Crippen molar-refractivity contribution in [3.8, 4) is 0 Å². The van der Waals surface area contributed by atoms with Crippen LogP contribution in [0.25, 0.3) is 0 Å². The van der Waals surface area contributed by atoms with E-state index in [2.05, 4.69) is 18.3 Å². The second-order valence-electron chi connectivity index (χ2n) is 7.75. The molecule has 31 heavy (non-hydrogen) atoms. The lowest BCUT2D eigenvalue weighted by molar-refractivity contribution is -0.870. The van der Waals surface area contributed by atoms with Crippen molar-refractivity contribution in [2.45, 2.75) is 24.5 Å². The summed E-state index contributed by atoms with van der Waals surface area (Å²) in [6, 6.07) is 1.26. The predicted molar refractivity (Wildman–Crippen MR) is 104 cm³/mol. The quantitative estimate of drug-likeness (QED) is 0.185. The smallest absolute Gasteiger partial charge is 0.387 e. The number of aromatic nitrogens is 2. The molecule has 0 aromatic carbocycles. The van der Waals surface area contributed by atoms with Crippen LogP contribution in [0.2, 0.25) is 0 Å². The minimum absolute atomic E-state index is 0.0652. The summed E-state index contributed by atoms with van der Waals surface area (Å²) in [6.07, 6.45) is -4.82. The van der Waals surface area contributed by atoms with Gasteiger partial charge in [0.15, 0.2) is 6.23 Å². The third-order valence-electron chi connectivity index (χ3n) is 4.09. The van der Waals surface area contributed by atoms with Crippen molar-refractivity contribution in [2.75, 3.05) is 46.6 Å². The van der Waals surface area contributed by atoms with Crippen LogP contribution in [-0.2, 0) is 27.2 Å². The zero-order valence-corrected chi connectivity index (χ0v) is 18.8. The van der Waals surface area contributed by atoms with E-state index in [0.29, 0.717) is 11.0 Å². The normalized spacial score (nSPS) is 28.2. The number of quaternary nitrogens is 1. The second-order valence-corrected chi connectivity index (χ2v) is 10.8. The zero-order chi connectivity index (χ0) is 23.6. The molecule has 0 radical (unpaired) electrons. The number of nitrogens with zero attached hydrogens (tertiary/aromatic N) is 3. The molecule has 2 heterocycles. The van der Waals surface area contributed by atoms with E-state index in [-0.39, 0.29) is 12.4 Å². The number of anilines is 1. The van der Waals surface area contributed by atoms with E-state index in [4.69, 9.17) is 10.5 Å². The average Bonchev–Trinajstić information content (AvgIpc) is 2.86. The highest BCUT2D eigenvalue weighted by Gasteiger charge is 2.46. The van der Waals surface area contributed by atoms with E-state index in [1.54, 1.807) is 21.1 Å². The Morgan fingerprint density at radius 2 is 1.81 bits per heavy atom. The van der Waals surface area contributed by atoms with E-state index in [1.807, 2.05) is 0 Å². The molecule has 0 aliphatic carbocycles. The van der Waals surface area contributed by atoms with Crippen LogP contribution in [0.4, 0.5) is 5.82 Å². The van der Waals surface area contributed by atoms with Gasteiger partial charge in [-0.2, -0.15) is 9.29 Å². The number of hydrogen-bond acceptors (Lipinski definition) is 11. The molecule has 6 N–H and O–H groups in total. The molecule has 3 unspecified atom stereocenters. The van der Waals surface area contributed by atoms with Crippen molar-refractivity contribution in [2.24, 2.45) is 0 Å². The fourth-order valence-electron chi connectivity index (χ4n) is 2.49. The van der Waals surface area contributed by atoms with Crippen molar-refractivity contribution in [3.63, 3.8) is 0 Å². The molecule has 0 spiro atoms. The summed E-state index contributed by atoms with van der Waals surface area (Å²) >= 11 is 0. The first-order valence-electron chi connectivity index (χ1n) is 8.93. The van der Waals surface area contributed by atoms with Crippen LogP contribution < -0.4 is 11.4 Å². The summed E-state index contributed by atoms with van der Waals surface area (Å²) in [7, 11) is -4.64. The number of nitrogens with two attached hydrogens (primary N) is 1. The van der Waals surface area contributed by atoms with Crippen LogP contribution in [0.5, 0.6) is 0 Å². The Bertz CT molecular complexity index is 920. The van der Waals surface area contributed by atoms with Gasteiger partial charge in [0.2, 0.25) is 0 Å². The molecule has 178 valence electrons. The standard InChI is InChI=1S/C14H26N4O11P2/c1-18(2,3)6-7-26-30(22,23)29-31(24,25)27-8-9-11(19)12(20)13(28-9)17-5-4-10(15)16-14(17)21/h4-5,9,11-13,19-20H,6-8H2,1-3H3,(H3-,15,16,21,22,23,24,25)/p+1/t9-,11?,12+,13-/m1/s1. The van der Waals surface area contributed by atoms with Crippen LogP contribution in [0, 0.1) is 0 Å². The predicted octanol–water partition coefficient (Wildman–Crippen LogP) is -1.60. The fourth-order valence-corrected chi connectivity index (χ4v) is 4.56. The Morgan fingerprint density at radius 1 is 1.19 bits per heavy atom. The van der Waals surface area contributed by atoms with Crippen LogP contribution in [0.1, 0.15) is 6.23 Å². The Morgan fingerprint density at radius 3 is 2.39 bits per heavy atom. The van der Waals surface area contributed by atoms with Crippen LogP contribution in [0.3, 0.4) is 0 Å². The van der Waals surface area contributed by atoms with Gasteiger partial charge in [-0.05, 0) is 6.07 Å². The first kappa shape index (κ1) is 26.0. The second kappa shape index (κ2) is 9.73. The topological polar surface area (TPSA) is 213 Å². The summed E-state index contributed by atoms with van der Waals surface area (Å²) in [6.45, 7) is -0.746. The lowest BCUT2D eigenvalue weighted by Gasteiger charge is -2.24. The van der Waals surface area contributed by atoms with Crippen LogP contribution >= 0.6 is 15.6 Å².